The highest BCUT2D eigenvalue weighted by molar-refractivity contribution is 6.30. The van der Waals surface area contributed by atoms with Crippen LogP contribution in [0.4, 0.5) is 0 Å². The van der Waals surface area contributed by atoms with Crippen molar-refractivity contribution in [1.29, 1.82) is 0 Å². The van der Waals surface area contributed by atoms with Gasteiger partial charge in [-0.2, -0.15) is 0 Å². The van der Waals surface area contributed by atoms with Crippen molar-refractivity contribution in [1.82, 2.24) is 19.1 Å². The molecule has 0 N–H and O–H groups in total. The normalized spacial score (nSPS) is 11.0. The molecule has 8 heteroatoms. The number of ether oxygens (including phenoxy) is 1. The number of hydrogen-bond donors (Lipinski definition) is 0. The minimum absolute atomic E-state index is 0.115. The zero-order valence-electron chi connectivity index (χ0n) is 15.6. The lowest BCUT2D eigenvalue weighted by atomic mass is 10.2. The van der Waals surface area contributed by atoms with Crippen LogP contribution in [-0.2, 0) is 13.1 Å². The van der Waals surface area contributed by atoms with Crippen LogP contribution in [0.2, 0.25) is 5.02 Å². The highest BCUT2D eigenvalue weighted by Crippen LogP contribution is 2.14. The Labute approximate surface area is 170 Å². The Morgan fingerprint density at radius 1 is 0.862 bits per heavy atom. The van der Waals surface area contributed by atoms with E-state index in [0.717, 1.165) is 16.9 Å². The molecule has 0 saturated heterocycles. The van der Waals surface area contributed by atoms with Crippen LogP contribution in [0.3, 0.4) is 0 Å². The Bertz CT molecular complexity index is 1280. The first-order valence-electron chi connectivity index (χ1n) is 8.88. The SMILES string of the molecule is COc1ccc(Cn2c(=O)n(Cc3ccc(Cl)cc3)c(=O)c3nccnc32)cc1. The van der Waals surface area contributed by atoms with Crippen LogP contribution in [0.5, 0.6) is 5.75 Å². The lowest BCUT2D eigenvalue weighted by Crippen LogP contribution is -2.41. The second-order valence-corrected chi connectivity index (χ2v) is 6.90. The highest BCUT2D eigenvalue weighted by Gasteiger charge is 2.15. The summed E-state index contributed by atoms with van der Waals surface area (Å²) in [7, 11) is 1.59. The molecule has 29 heavy (non-hydrogen) atoms. The fourth-order valence-corrected chi connectivity index (χ4v) is 3.22. The minimum Gasteiger partial charge on any atom is -0.497 e. The quantitative estimate of drug-likeness (QED) is 0.507. The first kappa shape index (κ1) is 18.9. The number of fused-ring (bicyclic) bond motifs is 1. The number of nitrogens with zero attached hydrogens (tertiary/aromatic N) is 4. The van der Waals surface area contributed by atoms with Gasteiger partial charge in [0.05, 0.1) is 20.2 Å². The van der Waals surface area contributed by atoms with Gasteiger partial charge in [-0.3, -0.25) is 13.9 Å². The molecule has 0 spiro atoms. The maximum absolute atomic E-state index is 13.2. The molecule has 0 aliphatic rings. The molecule has 0 unspecified atom stereocenters. The fourth-order valence-electron chi connectivity index (χ4n) is 3.10. The summed E-state index contributed by atoms with van der Waals surface area (Å²) in [4.78, 5) is 34.5. The molecule has 146 valence electrons. The van der Waals surface area contributed by atoms with E-state index in [1.165, 1.54) is 21.5 Å². The van der Waals surface area contributed by atoms with Crippen LogP contribution in [-0.4, -0.2) is 26.2 Å². The zero-order valence-corrected chi connectivity index (χ0v) is 16.3. The molecular formula is C21H17ClN4O3. The Morgan fingerprint density at radius 3 is 2.10 bits per heavy atom. The number of methoxy groups -OCH3 is 1. The number of hydrogen-bond acceptors (Lipinski definition) is 5. The van der Waals surface area contributed by atoms with E-state index in [1.54, 1.807) is 31.4 Å². The van der Waals surface area contributed by atoms with Crippen molar-refractivity contribution in [2.45, 2.75) is 13.1 Å². The summed E-state index contributed by atoms with van der Waals surface area (Å²) >= 11 is 5.93. The van der Waals surface area contributed by atoms with Crippen molar-refractivity contribution in [3.8, 4) is 5.75 Å². The summed E-state index contributed by atoms with van der Waals surface area (Å²) in [6.07, 6.45) is 2.91. The Kier molecular flexibility index (Phi) is 5.14. The monoisotopic (exact) mass is 408 g/mol. The second-order valence-electron chi connectivity index (χ2n) is 6.46. The Morgan fingerprint density at radius 2 is 1.45 bits per heavy atom. The molecule has 4 rings (SSSR count). The average Bonchev–Trinajstić information content (AvgIpc) is 2.76. The van der Waals surface area contributed by atoms with E-state index in [4.69, 9.17) is 16.3 Å². The summed E-state index contributed by atoms with van der Waals surface area (Å²) in [5.74, 6) is 0.721. The van der Waals surface area contributed by atoms with Crippen LogP contribution >= 0.6 is 11.6 Å². The molecule has 2 aromatic carbocycles. The average molecular weight is 409 g/mol. The van der Waals surface area contributed by atoms with Crippen LogP contribution in [0.1, 0.15) is 11.1 Å². The van der Waals surface area contributed by atoms with Gasteiger partial charge >= 0.3 is 5.69 Å². The smallest absolute Gasteiger partial charge is 0.333 e. The van der Waals surface area contributed by atoms with Crippen molar-refractivity contribution >= 4 is 22.8 Å². The summed E-state index contributed by atoms with van der Waals surface area (Å²) in [5.41, 5.74) is 1.14. The molecular weight excluding hydrogens is 392 g/mol. The van der Waals surface area contributed by atoms with Crippen molar-refractivity contribution in [3.63, 3.8) is 0 Å². The molecule has 0 aliphatic carbocycles. The van der Waals surface area contributed by atoms with E-state index in [9.17, 15) is 9.59 Å². The summed E-state index contributed by atoms with van der Waals surface area (Å²) < 4.78 is 7.81. The zero-order chi connectivity index (χ0) is 20.4. The van der Waals surface area contributed by atoms with Gasteiger partial charge in [0, 0.05) is 17.4 Å². The molecule has 0 radical (unpaired) electrons. The van der Waals surface area contributed by atoms with Crippen molar-refractivity contribution in [2.75, 3.05) is 7.11 Å². The molecule has 0 atom stereocenters. The van der Waals surface area contributed by atoms with Crippen LogP contribution in [0.25, 0.3) is 11.2 Å². The van der Waals surface area contributed by atoms with Gasteiger partial charge in [0.2, 0.25) is 0 Å². The van der Waals surface area contributed by atoms with Crippen molar-refractivity contribution in [3.05, 3.63) is 97.9 Å². The first-order chi connectivity index (χ1) is 14.1. The molecule has 0 fully saturated rings. The van der Waals surface area contributed by atoms with Crippen LogP contribution in [0.15, 0.2) is 70.5 Å². The molecule has 0 aliphatic heterocycles. The Balaban J connectivity index is 1.85. The highest BCUT2D eigenvalue weighted by atomic mass is 35.5. The van der Waals surface area contributed by atoms with Gasteiger partial charge in [-0.15, -0.1) is 0 Å². The van der Waals surface area contributed by atoms with E-state index in [0.29, 0.717) is 5.02 Å². The number of halogens is 1. The topological polar surface area (TPSA) is 79.0 Å². The number of rotatable bonds is 5. The summed E-state index contributed by atoms with van der Waals surface area (Å²) in [6, 6.07) is 14.4. The van der Waals surface area contributed by atoms with E-state index in [2.05, 4.69) is 9.97 Å². The second kappa shape index (κ2) is 7.89. The molecule has 7 nitrogen and oxygen atoms in total. The third-order valence-electron chi connectivity index (χ3n) is 4.60. The van der Waals surface area contributed by atoms with Crippen molar-refractivity contribution < 1.29 is 4.74 Å². The lowest BCUT2D eigenvalue weighted by Gasteiger charge is -2.13. The predicted octanol–water partition coefficient (Wildman–Crippen LogP) is 2.71. The third kappa shape index (κ3) is 3.77. The van der Waals surface area contributed by atoms with E-state index < -0.39 is 11.2 Å². The molecule has 2 aromatic heterocycles. The molecule has 2 heterocycles. The lowest BCUT2D eigenvalue weighted by molar-refractivity contribution is 0.414. The van der Waals surface area contributed by atoms with Crippen molar-refractivity contribution in [2.24, 2.45) is 0 Å². The van der Waals surface area contributed by atoms with Gasteiger partial charge < -0.3 is 4.74 Å². The van der Waals surface area contributed by atoms with E-state index in [1.807, 2.05) is 24.3 Å². The fraction of sp³-hybridized carbons (Fsp3) is 0.143. The molecule has 4 aromatic rings. The number of benzene rings is 2. The van der Waals surface area contributed by atoms with Gasteiger partial charge in [0.15, 0.2) is 11.2 Å². The van der Waals surface area contributed by atoms with Gasteiger partial charge in [0.1, 0.15) is 5.75 Å². The van der Waals surface area contributed by atoms with Gasteiger partial charge in [-0.1, -0.05) is 35.9 Å². The maximum Gasteiger partial charge on any atom is 0.333 e. The van der Waals surface area contributed by atoms with Gasteiger partial charge in [-0.25, -0.2) is 14.8 Å². The predicted molar refractivity (Wildman–Crippen MR) is 111 cm³/mol. The van der Waals surface area contributed by atoms with E-state index >= 15 is 0 Å². The molecule has 0 bridgehead atoms. The standard InChI is InChI=1S/C21H17ClN4O3/c1-29-17-8-4-15(5-9-17)12-25-19-18(23-10-11-24-19)20(27)26(21(25)28)13-14-2-6-16(22)7-3-14/h2-11H,12-13H2,1H3. The molecule has 0 saturated carbocycles. The molecule has 0 amide bonds. The van der Waals surface area contributed by atoms with Gasteiger partial charge in [0.25, 0.3) is 5.56 Å². The largest absolute Gasteiger partial charge is 0.497 e. The van der Waals surface area contributed by atoms with Gasteiger partial charge in [-0.05, 0) is 35.4 Å². The Hall–Kier alpha value is -3.45. The summed E-state index contributed by atoms with van der Waals surface area (Å²) in [5, 5.41) is 0.586. The summed E-state index contributed by atoms with van der Waals surface area (Å²) in [6.45, 7) is 0.364. The maximum atomic E-state index is 13.2. The van der Waals surface area contributed by atoms with Crippen LogP contribution in [0, 0.1) is 0 Å². The van der Waals surface area contributed by atoms with E-state index in [-0.39, 0.29) is 24.3 Å². The number of aromatic nitrogens is 4. The van der Waals surface area contributed by atoms with Crippen LogP contribution < -0.4 is 16.0 Å². The third-order valence-corrected chi connectivity index (χ3v) is 4.85. The minimum atomic E-state index is -0.473. The first-order valence-corrected chi connectivity index (χ1v) is 9.26.